The number of carbonyl (C=O) groups excluding carboxylic acids is 1. The van der Waals surface area contributed by atoms with Crippen molar-refractivity contribution in [2.24, 2.45) is 5.73 Å². The highest BCUT2D eigenvalue weighted by molar-refractivity contribution is 5.81. The molecule has 0 aromatic heterocycles. The van der Waals surface area contributed by atoms with Gasteiger partial charge in [0.1, 0.15) is 0 Å². The highest BCUT2D eigenvalue weighted by Crippen LogP contribution is 2.11. The monoisotopic (exact) mass is 380 g/mol. The number of unbranched alkanes of at least 4 members (excludes halogenated alkanes) is 12. The molecule has 3 heteroatoms. The predicted molar refractivity (Wildman–Crippen MR) is 120 cm³/mol. The van der Waals surface area contributed by atoms with Crippen LogP contribution in [0.2, 0.25) is 0 Å². The normalized spacial score (nSPS) is 12.6. The van der Waals surface area contributed by atoms with Crippen LogP contribution < -0.4 is 5.73 Å². The fourth-order valence-corrected chi connectivity index (χ4v) is 3.51. The molecule has 1 amide bonds. The van der Waals surface area contributed by atoms with Crippen LogP contribution in [0.5, 0.6) is 0 Å². The highest BCUT2D eigenvalue weighted by Gasteiger charge is 2.17. The molecule has 0 rings (SSSR count). The second-order valence-corrected chi connectivity index (χ2v) is 7.84. The first-order valence-corrected chi connectivity index (χ1v) is 11.9. The van der Waals surface area contributed by atoms with Gasteiger partial charge in [-0.05, 0) is 46.0 Å². The first-order valence-electron chi connectivity index (χ1n) is 11.9. The summed E-state index contributed by atoms with van der Waals surface area (Å²) in [4.78, 5) is 13.9. The Hall–Kier alpha value is -0.830. The average molecular weight is 381 g/mol. The molecule has 0 radical (unpaired) electrons. The first kappa shape index (κ1) is 26.2. The Morgan fingerprint density at radius 3 is 1.67 bits per heavy atom. The zero-order valence-corrected chi connectivity index (χ0v) is 18.7. The molecule has 0 spiro atoms. The Labute approximate surface area is 170 Å². The number of amides is 1. The molecule has 27 heavy (non-hydrogen) atoms. The molecule has 0 saturated carbocycles. The summed E-state index contributed by atoms with van der Waals surface area (Å²) >= 11 is 0. The summed E-state index contributed by atoms with van der Waals surface area (Å²) in [6.07, 6.45) is 23.9. The largest absolute Gasteiger partial charge is 0.342 e. The lowest BCUT2D eigenvalue weighted by atomic mass is 10.0. The molecule has 0 bridgehead atoms. The summed E-state index contributed by atoms with van der Waals surface area (Å²) in [6, 6.07) is -0.304. The standard InChI is InChI=1S/C24H48N2O/c1-4-7-8-9-10-11-12-13-14-15-16-17-18-19-20-21-22-23(25)24(27)26(5-2)6-3/h13-14,23H,4-12,15-22,25H2,1-3H3. The molecule has 0 saturated heterocycles. The number of nitrogens with two attached hydrogens (primary N) is 1. The third kappa shape index (κ3) is 15.9. The molecule has 0 aliphatic heterocycles. The second kappa shape index (κ2) is 19.9. The topological polar surface area (TPSA) is 46.3 Å². The molecule has 0 aliphatic rings. The number of hydrogen-bond donors (Lipinski definition) is 1. The molecular weight excluding hydrogens is 332 g/mol. The van der Waals surface area contributed by atoms with E-state index in [2.05, 4.69) is 19.1 Å². The highest BCUT2D eigenvalue weighted by atomic mass is 16.2. The van der Waals surface area contributed by atoms with Crippen molar-refractivity contribution >= 4 is 5.91 Å². The maximum atomic E-state index is 12.1. The van der Waals surface area contributed by atoms with Crippen molar-refractivity contribution in [3.8, 4) is 0 Å². The third-order valence-corrected chi connectivity index (χ3v) is 5.42. The third-order valence-electron chi connectivity index (χ3n) is 5.42. The Morgan fingerprint density at radius 1 is 0.741 bits per heavy atom. The van der Waals surface area contributed by atoms with Gasteiger partial charge in [-0.1, -0.05) is 83.3 Å². The van der Waals surface area contributed by atoms with Gasteiger partial charge in [0.25, 0.3) is 0 Å². The zero-order chi connectivity index (χ0) is 20.2. The van der Waals surface area contributed by atoms with Crippen LogP contribution in [0.15, 0.2) is 12.2 Å². The van der Waals surface area contributed by atoms with Gasteiger partial charge in [0.15, 0.2) is 0 Å². The Bertz CT molecular complexity index is 350. The fraction of sp³-hybridized carbons (Fsp3) is 0.875. The van der Waals surface area contributed by atoms with Gasteiger partial charge in [-0.2, -0.15) is 0 Å². The lowest BCUT2D eigenvalue weighted by Crippen LogP contribution is -2.43. The van der Waals surface area contributed by atoms with Crippen molar-refractivity contribution in [3.05, 3.63) is 12.2 Å². The van der Waals surface area contributed by atoms with E-state index in [0.717, 1.165) is 25.9 Å². The smallest absolute Gasteiger partial charge is 0.239 e. The summed E-state index contributed by atoms with van der Waals surface area (Å²) in [5.74, 6) is 0.118. The second-order valence-electron chi connectivity index (χ2n) is 7.84. The van der Waals surface area contributed by atoms with E-state index in [1.165, 1.54) is 83.5 Å². The molecule has 0 aromatic rings. The van der Waals surface area contributed by atoms with Crippen LogP contribution in [0.4, 0.5) is 0 Å². The van der Waals surface area contributed by atoms with Crippen molar-refractivity contribution in [2.45, 2.75) is 123 Å². The van der Waals surface area contributed by atoms with Crippen LogP contribution in [0.25, 0.3) is 0 Å². The minimum atomic E-state index is -0.304. The van der Waals surface area contributed by atoms with E-state index in [9.17, 15) is 4.79 Å². The van der Waals surface area contributed by atoms with Gasteiger partial charge in [0.2, 0.25) is 5.91 Å². The lowest BCUT2D eigenvalue weighted by molar-refractivity contribution is -0.132. The van der Waals surface area contributed by atoms with Gasteiger partial charge < -0.3 is 10.6 Å². The number of carbonyl (C=O) groups is 1. The predicted octanol–water partition coefficient (Wildman–Crippen LogP) is 6.61. The number of likely N-dealkylation sites (N-methyl/N-ethyl adjacent to an activating group) is 1. The van der Waals surface area contributed by atoms with Crippen LogP contribution in [0.3, 0.4) is 0 Å². The molecule has 1 atom stereocenters. The van der Waals surface area contributed by atoms with Gasteiger partial charge in [-0.15, -0.1) is 0 Å². The van der Waals surface area contributed by atoms with Crippen molar-refractivity contribution in [1.82, 2.24) is 4.90 Å². The molecule has 0 heterocycles. The van der Waals surface area contributed by atoms with Gasteiger partial charge in [-0.3, -0.25) is 4.79 Å². The molecular formula is C24H48N2O. The SMILES string of the molecule is CCCCCCCCC=CCCCCCCCCC(N)C(=O)N(CC)CC. The lowest BCUT2D eigenvalue weighted by Gasteiger charge is -2.22. The molecule has 0 aromatic carbocycles. The number of nitrogens with zero attached hydrogens (tertiary/aromatic N) is 1. The molecule has 0 fully saturated rings. The van der Waals surface area contributed by atoms with Crippen molar-refractivity contribution in [1.29, 1.82) is 0 Å². The van der Waals surface area contributed by atoms with Crippen molar-refractivity contribution < 1.29 is 4.79 Å². The molecule has 2 N–H and O–H groups in total. The van der Waals surface area contributed by atoms with Crippen molar-refractivity contribution in [3.63, 3.8) is 0 Å². The average Bonchev–Trinajstić information content (AvgIpc) is 2.68. The van der Waals surface area contributed by atoms with Gasteiger partial charge in [-0.25, -0.2) is 0 Å². The summed E-state index contributed by atoms with van der Waals surface area (Å²) in [6.45, 7) is 7.82. The summed E-state index contributed by atoms with van der Waals surface area (Å²) in [5, 5.41) is 0. The first-order chi connectivity index (χ1) is 13.2. The van der Waals surface area contributed by atoms with E-state index in [1.807, 2.05) is 18.7 Å². The Balaban J connectivity index is 3.37. The number of allylic oxidation sites excluding steroid dienone is 2. The van der Waals surface area contributed by atoms with E-state index in [4.69, 9.17) is 5.73 Å². The van der Waals surface area contributed by atoms with Crippen molar-refractivity contribution in [2.75, 3.05) is 13.1 Å². The number of hydrogen-bond acceptors (Lipinski definition) is 2. The van der Waals surface area contributed by atoms with Gasteiger partial charge in [0.05, 0.1) is 6.04 Å². The zero-order valence-electron chi connectivity index (χ0n) is 18.7. The van der Waals surface area contributed by atoms with Crippen LogP contribution in [-0.2, 0) is 4.79 Å². The van der Waals surface area contributed by atoms with E-state index in [-0.39, 0.29) is 11.9 Å². The molecule has 0 aliphatic carbocycles. The van der Waals surface area contributed by atoms with Gasteiger partial charge >= 0.3 is 0 Å². The molecule has 1 unspecified atom stereocenters. The van der Waals surface area contributed by atoms with E-state index < -0.39 is 0 Å². The summed E-state index contributed by atoms with van der Waals surface area (Å²) in [5.41, 5.74) is 6.03. The van der Waals surface area contributed by atoms with E-state index in [1.54, 1.807) is 0 Å². The maximum absolute atomic E-state index is 12.1. The minimum Gasteiger partial charge on any atom is -0.342 e. The maximum Gasteiger partial charge on any atom is 0.239 e. The Kier molecular flexibility index (Phi) is 19.3. The Morgan fingerprint density at radius 2 is 1.19 bits per heavy atom. The number of rotatable bonds is 19. The van der Waals surface area contributed by atoms with Crippen LogP contribution in [-0.4, -0.2) is 29.9 Å². The van der Waals surface area contributed by atoms with Crippen LogP contribution in [0.1, 0.15) is 117 Å². The quantitative estimate of drug-likeness (QED) is 0.202. The van der Waals surface area contributed by atoms with E-state index >= 15 is 0 Å². The van der Waals surface area contributed by atoms with E-state index in [0.29, 0.717) is 0 Å². The van der Waals surface area contributed by atoms with Gasteiger partial charge in [0, 0.05) is 13.1 Å². The molecule has 160 valence electrons. The van der Waals surface area contributed by atoms with Crippen LogP contribution in [0, 0.1) is 0 Å². The summed E-state index contributed by atoms with van der Waals surface area (Å²) < 4.78 is 0. The van der Waals surface area contributed by atoms with Crippen LogP contribution >= 0.6 is 0 Å². The molecule has 3 nitrogen and oxygen atoms in total. The summed E-state index contributed by atoms with van der Waals surface area (Å²) in [7, 11) is 0. The fourth-order valence-electron chi connectivity index (χ4n) is 3.51. The minimum absolute atomic E-state index is 0.118.